The number of carbonyl (C=O) groups is 1. The second-order valence-corrected chi connectivity index (χ2v) is 7.08. The lowest BCUT2D eigenvalue weighted by Gasteiger charge is -2.34. The highest BCUT2D eigenvalue weighted by Crippen LogP contribution is 2.18. The van der Waals surface area contributed by atoms with Gasteiger partial charge in [0.15, 0.2) is 5.96 Å². The molecular formula is C18H35IN4O2. The largest absolute Gasteiger partial charge is 0.466 e. The van der Waals surface area contributed by atoms with E-state index >= 15 is 0 Å². The number of guanidine groups is 1. The van der Waals surface area contributed by atoms with Crippen LogP contribution in [0.3, 0.4) is 0 Å². The summed E-state index contributed by atoms with van der Waals surface area (Å²) < 4.78 is 5.18. The SMILES string of the molecule is CCOC(=O)C1CCCN(C(=NC)NCC(C)CN2CCCC2)C1.I. The van der Waals surface area contributed by atoms with Crippen LogP contribution < -0.4 is 5.32 Å². The normalized spacial score (nSPS) is 23.1. The molecule has 0 amide bonds. The highest BCUT2D eigenvalue weighted by Gasteiger charge is 2.28. The van der Waals surface area contributed by atoms with E-state index in [0.717, 1.165) is 38.4 Å². The van der Waals surface area contributed by atoms with Crippen molar-refractivity contribution < 1.29 is 9.53 Å². The molecule has 0 radical (unpaired) electrons. The third kappa shape index (κ3) is 7.29. The summed E-state index contributed by atoms with van der Waals surface area (Å²) in [5.74, 6) is 1.40. The number of likely N-dealkylation sites (tertiary alicyclic amines) is 2. The van der Waals surface area contributed by atoms with Gasteiger partial charge < -0.3 is 19.9 Å². The summed E-state index contributed by atoms with van der Waals surface area (Å²) in [6.07, 6.45) is 4.60. The fourth-order valence-corrected chi connectivity index (χ4v) is 3.69. The minimum atomic E-state index is -0.0694. The smallest absolute Gasteiger partial charge is 0.310 e. The van der Waals surface area contributed by atoms with E-state index in [2.05, 4.69) is 27.0 Å². The van der Waals surface area contributed by atoms with E-state index in [1.807, 2.05) is 14.0 Å². The van der Waals surface area contributed by atoms with E-state index in [-0.39, 0.29) is 35.9 Å². The summed E-state index contributed by atoms with van der Waals surface area (Å²) in [5, 5.41) is 3.50. The van der Waals surface area contributed by atoms with Gasteiger partial charge in [-0.05, 0) is 51.6 Å². The number of hydrogen-bond acceptors (Lipinski definition) is 4. The molecule has 2 rings (SSSR count). The first-order valence-corrected chi connectivity index (χ1v) is 9.48. The maximum atomic E-state index is 12.0. The summed E-state index contributed by atoms with van der Waals surface area (Å²) in [4.78, 5) is 21.2. The van der Waals surface area contributed by atoms with Gasteiger partial charge in [-0.2, -0.15) is 0 Å². The number of carbonyl (C=O) groups excluding carboxylic acids is 1. The van der Waals surface area contributed by atoms with Gasteiger partial charge in [-0.3, -0.25) is 9.79 Å². The van der Waals surface area contributed by atoms with Crippen molar-refractivity contribution >= 4 is 35.9 Å². The van der Waals surface area contributed by atoms with Crippen LogP contribution in [0.2, 0.25) is 0 Å². The first kappa shape index (κ1) is 22.5. The summed E-state index contributed by atoms with van der Waals surface area (Å²) >= 11 is 0. The lowest BCUT2D eigenvalue weighted by Crippen LogP contribution is -2.49. The Morgan fingerprint density at radius 2 is 2.00 bits per heavy atom. The average molecular weight is 466 g/mol. The van der Waals surface area contributed by atoms with Gasteiger partial charge >= 0.3 is 5.97 Å². The monoisotopic (exact) mass is 466 g/mol. The Morgan fingerprint density at radius 1 is 1.28 bits per heavy atom. The molecule has 0 aromatic heterocycles. The molecule has 0 aromatic rings. The zero-order valence-electron chi connectivity index (χ0n) is 16.0. The molecule has 2 atom stereocenters. The maximum Gasteiger partial charge on any atom is 0.310 e. The molecule has 1 N–H and O–H groups in total. The minimum Gasteiger partial charge on any atom is -0.466 e. The number of ether oxygens (including phenoxy) is 1. The summed E-state index contributed by atoms with van der Waals surface area (Å²) in [6, 6.07) is 0. The predicted octanol–water partition coefficient (Wildman–Crippen LogP) is 2.19. The lowest BCUT2D eigenvalue weighted by atomic mass is 9.98. The number of hydrogen-bond donors (Lipinski definition) is 1. The number of piperidine rings is 1. The van der Waals surface area contributed by atoms with Gasteiger partial charge in [-0.25, -0.2) is 0 Å². The maximum absolute atomic E-state index is 12.0. The molecule has 146 valence electrons. The van der Waals surface area contributed by atoms with Crippen LogP contribution in [0.5, 0.6) is 0 Å². The number of rotatable bonds is 6. The van der Waals surface area contributed by atoms with E-state index in [1.54, 1.807) is 0 Å². The number of halogens is 1. The number of nitrogens with zero attached hydrogens (tertiary/aromatic N) is 3. The van der Waals surface area contributed by atoms with Gasteiger partial charge in [0, 0.05) is 33.2 Å². The Hall–Kier alpha value is -0.570. The van der Waals surface area contributed by atoms with Gasteiger partial charge in [-0.1, -0.05) is 6.92 Å². The van der Waals surface area contributed by atoms with Crippen molar-refractivity contribution in [2.45, 2.75) is 39.5 Å². The molecule has 0 saturated carbocycles. The summed E-state index contributed by atoms with van der Waals surface area (Å²) in [7, 11) is 1.82. The van der Waals surface area contributed by atoms with E-state index < -0.39 is 0 Å². The average Bonchev–Trinajstić information content (AvgIpc) is 3.09. The second kappa shape index (κ2) is 11.9. The molecule has 6 nitrogen and oxygen atoms in total. The van der Waals surface area contributed by atoms with Gasteiger partial charge in [0.2, 0.25) is 0 Å². The molecule has 7 heteroatoms. The lowest BCUT2D eigenvalue weighted by molar-refractivity contribution is -0.149. The summed E-state index contributed by atoms with van der Waals surface area (Å²) in [6.45, 7) is 10.8. The molecule has 2 aliphatic heterocycles. The van der Waals surface area contributed by atoms with Gasteiger partial charge in [-0.15, -0.1) is 24.0 Å². The van der Waals surface area contributed by atoms with Crippen molar-refractivity contribution in [2.75, 3.05) is 52.9 Å². The predicted molar refractivity (Wildman–Crippen MR) is 113 cm³/mol. The fourth-order valence-electron chi connectivity index (χ4n) is 3.69. The van der Waals surface area contributed by atoms with Crippen LogP contribution in [0.4, 0.5) is 0 Å². The number of nitrogens with one attached hydrogen (secondary N) is 1. The highest BCUT2D eigenvalue weighted by molar-refractivity contribution is 14.0. The quantitative estimate of drug-likeness (QED) is 0.282. The Kier molecular flexibility index (Phi) is 10.7. The van der Waals surface area contributed by atoms with Crippen LogP contribution in [0.15, 0.2) is 4.99 Å². The van der Waals surface area contributed by atoms with Crippen LogP contribution in [0, 0.1) is 11.8 Å². The molecule has 2 fully saturated rings. The Labute approximate surface area is 169 Å². The van der Waals surface area contributed by atoms with Crippen LogP contribution in [-0.2, 0) is 9.53 Å². The fraction of sp³-hybridized carbons (Fsp3) is 0.889. The Balaban J connectivity index is 0.00000312. The third-order valence-corrected chi connectivity index (χ3v) is 4.93. The molecule has 0 spiro atoms. The van der Waals surface area contributed by atoms with Gasteiger partial charge in [0.05, 0.1) is 12.5 Å². The van der Waals surface area contributed by atoms with E-state index in [9.17, 15) is 4.79 Å². The van der Waals surface area contributed by atoms with Crippen molar-refractivity contribution in [3.63, 3.8) is 0 Å². The molecule has 2 heterocycles. The number of aliphatic imine (C=N–C) groups is 1. The number of esters is 1. The molecule has 2 aliphatic rings. The van der Waals surface area contributed by atoms with Crippen LogP contribution in [0.1, 0.15) is 39.5 Å². The van der Waals surface area contributed by atoms with Crippen LogP contribution >= 0.6 is 24.0 Å². The van der Waals surface area contributed by atoms with Gasteiger partial charge in [0.25, 0.3) is 0 Å². The van der Waals surface area contributed by atoms with E-state index in [0.29, 0.717) is 19.1 Å². The molecule has 2 unspecified atom stereocenters. The van der Waals surface area contributed by atoms with Crippen molar-refractivity contribution in [3.05, 3.63) is 0 Å². The Bertz CT molecular complexity index is 427. The molecule has 0 aliphatic carbocycles. The van der Waals surface area contributed by atoms with E-state index in [1.165, 1.54) is 25.9 Å². The molecule has 0 aromatic carbocycles. The zero-order chi connectivity index (χ0) is 17.4. The second-order valence-electron chi connectivity index (χ2n) is 7.08. The molecular weight excluding hydrogens is 431 g/mol. The zero-order valence-corrected chi connectivity index (χ0v) is 18.3. The van der Waals surface area contributed by atoms with Crippen LogP contribution in [0.25, 0.3) is 0 Å². The van der Waals surface area contributed by atoms with Crippen molar-refractivity contribution in [2.24, 2.45) is 16.8 Å². The first-order chi connectivity index (χ1) is 11.6. The third-order valence-electron chi connectivity index (χ3n) is 4.93. The first-order valence-electron chi connectivity index (χ1n) is 9.48. The van der Waals surface area contributed by atoms with Crippen LogP contribution in [-0.4, -0.2) is 74.7 Å². The highest BCUT2D eigenvalue weighted by atomic mass is 127. The molecule has 25 heavy (non-hydrogen) atoms. The summed E-state index contributed by atoms with van der Waals surface area (Å²) in [5.41, 5.74) is 0. The van der Waals surface area contributed by atoms with E-state index in [4.69, 9.17) is 4.74 Å². The molecule has 2 saturated heterocycles. The molecule has 0 bridgehead atoms. The van der Waals surface area contributed by atoms with Gasteiger partial charge in [0.1, 0.15) is 0 Å². The standard InChI is InChI=1S/C18H34N4O2.HI/c1-4-24-17(23)16-8-7-11-22(14-16)18(19-3)20-12-15(2)13-21-9-5-6-10-21;/h15-16H,4-14H2,1-3H3,(H,19,20);1H. The van der Waals surface area contributed by atoms with Crippen molar-refractivity contribution in [3.8, 4) is 0 Å². The Morgan fingerprint density at radius 3 is 2.64 bits per heavy atom. The van der Waals surface area contributed by atoms with Crippen molar-refractivity contribution in [1.29, 1.82) is 0 Å². The minimum absolute atomic E-state index is 0. The van der Waals surface area contributed by atoms with Crippen molar-refractivity contribution in [1.82, 2.24) is 15.1 Å². The topological polar surface area (TPSA) is 57.2 Å².